The predicted molar refractivity (Wildman–Crippen MR) is 71.2 cm³/mol. The number of carbonyl (C=O) groups is 1. The fourth-order valence-corrected chi connectivity index (χ4v) is 2.00. The minimum absolute atomic E-state index is 0.104. The van der Waals surface area contributed by atoms with Crippen LogP contribution < -0.4 is 11.1 Å². The summed E-state index contributed by atoms with van der Waals surface area (Å²) >= 11 is 5.82. The molecule has 0 fully saturated rings. The van der Waals surface area contributed by atoms with Crippen LogP contribution in [-0.2, 0) is 0 Å². The van der Waals surface area contributed by atoms with Crippen molar-refractivity contribution in [3.05, 3.63) is 34.6 Å². The molecule has 3 N–H and O–H groups in total. The lowest BCUT2D eigenvalue weighted by Gasteiger charge is -2.19. The van der Waals surface area contributed by atoms with Crippen LogP contribution in [0.15, 0.2) is 18.2 Å². The predicted octanol–water partition coefficient (Wildman–Crippen LogP) is 2.58. The molecule has 1 atom stereocenters. The molecule has 5 heteroatoms. The number of nitrogens with two attached hydrogens (primary N) is 1. The topological polar surface area (TPSA) is 55.1 Å². The van der Waals surface area contributed by atoms with E-state index in [1.165, 1.54) is 18.2 Å². The summed E-state index contributed by atoms with van der Waals surface area (Å²) in [6.07, 6.45) is 0.744. The van der Waals surface area contributed by atoms with Crippen molar-refractivity contribution in [1.29, 1.82) is 0 Å². The summed E-state index contributed by atoms with van der Waals surface area (Å²) in [5.74, 6) is -0.746. The Labute approximate surface area is 112 Å². The molecule has 0 aliphatic rings. The lowest BCUT2D eigenvalue weighted by atomic mass is 10.0. The van der Waals surface area contributed by atoms with E-state index in [1.54, 1.807) is 0 Å². The van der Waals surface area contributed by atoms with Crippen molar-refractivity contribution in [2.45, 2.75) is 26.3 Å². The van der Waals surface area contributed by atoms with E-state index in [0.29, 0.717) is 12.5 Å². The second kappa shape index (κ2) is 6.71. The van der Waals surface area contributed by atoms with E-state index in [9.17, 15) is 9.18 Å². The Morgan fingerprint density at radius 3 is 2.67 bits per heavy atom. The summed E-state index contributed by atoms with van der Waals surface area (Å²) in [5.41, 5.74) is 5.46. The Kier molecular flexibility index (Phi) is 5.56. The second-order valence-electron chi connectivity index (χ2n) is 4.63. The molecule has 1 unspecified atom stereocenters. The first-order valence-corrected chi connectivity index (χ1v) is 6.28. The summed E-state index contributed by atoms with van der Waals surface area (Å²) < 4.78 is 13.5. The standard InChI is InChI=1S/C13H18ClFN2O/c1-8(2)6-9(7-16)17-13(18)12-10(14)4-3-5-11(12)15/h3-5,8-9H,6-7,16H2,1-2H3,(H,17,18). The van der Waals surface area contributed by atoms with E-state index in [4.69, 9.17) is 17.3 Å². The van der Waals surface area contributed by atoms with Gasteiger partial charge >= 0.3 is 0 Å². The number of amides is 1. The summed E-state index contributed by atoms with van der Waals surface area (Å²) in [6, 6.07) is 3.98. The SMILES string of the molecule is CC(C)CC(CN)NC(=O)c1c(F)cccc1Cl. The van der Waals surface area contributed by atoms with Crippen molar-refractivity contribution in [2.24, 2.45) is 11.7 Å². The number of carbonyl (C=O) groups excluding carboxylic acids is 1. The molecule has 1 rings (SSSR count). The second-order valence-corrected chi connectivity index (χ2v) is 5.04. The van der Waals surface area contributed by atoms with E-state index in [0.717, 1.165) is 6.42 Å². The van der Waals surface area contributed by atoms with Gasteiger partial charge in [0.25, 0.3) is 5.91 Å². The highest BCUT2D eigenvalue weighted by Gasteiger charge is 2.19. The van der Waals surface area contributed by atoms with Crippen LogP contribution in [0.3, 0.4) is 0 Å². The Balaban J connectivity index is 2.81. The Morgan fingerprint density at radius 1 is 1.50 bits per heavy atom. The Hall–Kier alpha value is -1.13. The molecule has 0 saturated heterocycles. The van der Waals surface area contributed by atoms with Gasteiger partial charge in [0.1, 0.15) is 5.82 Å². The van der Waals surface area contributed by atoms with Crippen LogP contribution in [-0.4, -0.2) is 18.5 Å². The molecule has 1 aromatic rings. The van der Waals surface area contributed by atoms with Crippen molar-refractivity contribution in [2.75, 3.05) is 6.54 Å². The number of rotatable bonds is 5. The molecule has 0 spiro atoms. The van der Waals surface area contributed by atoms with Gasteiger partial charge < -0.3 is 11.1 Å². The molecule has 0 aliphatic carbocycles. The van der Waals surface area contributed by atoms with Crippen molar-refractivity contribution in [1.82, 2.24) is 5.32 Å². The zero-order chi connectivity index (χ0) is 13.7. The first-order valence-electron chi connectivity index (χ1n) is 5.90. The molecule has 3 nitrogen and oxygen atoms in total. The summed E-state index contributed by atoms with van der Waals surface area (Å²) in [5, 5.41) is 2.81. The van der Waals surface area contributed by atoms with Crippen LogP contribution in [0.1, 0.15) is 30.6 Å². The quantitative estimate of drug-likeness (QED) is 0.866. The van der Waals surface area contributed by atoms with Crippen LogP contribution in [0.5, 0.6) is 0 Å². The highest BCUT2D eigenvalue weighted by Crippen LogP contribution is 2.19. The molecular weight excluding hydrogens is 255 g/mol. The smallest absolute Gasteiger partial charge is 0.256 e. The molecule has 1 aromatic carbocycles. The lowest BCUT2D eigenvalue weighted by Crippen LogP contribution is -2.41. The van der Waals surface area contributed by atoms with Crippen LogP contribution >= 0.6 is 11.6 Å². The third kappa shape index (κ3) is 3.96. The lowest BCUT2D eigenvalue weighted by molar-refractivity contribution is 0.0930. The van der Waals surface area contributed by atoms with Gasteiger partial charge in [0, 0.05) is 12.6 Å². The van der Waals surface area contributed by atoms with Crippen molar-refractivity contribution < 1.29 is 9.18 Å². The number of benzene rings is 1. The molecule has 100 valence electrons. The van der Waals surface area contributed by atoms with E-state index in [-0.39, 0.29) is 16.6 Å². The average Bonchev–Trinajstić information content (AvgIpc) is 2.27. The molecule has 0 radical (unpaired) electrons. The van der Waals surface area contributed by atoms with Gasteiger partial charge in [-0.15, -0.1) is 0 Å². The maximum Gasteiger partial charge on any atom is 0.256 e. The van der Waals surface area contributed by atoms with Gasteiger partial charge in [0.05, 0.1) is 10.6 Å². The highest BCUT2D eigenvalue weighted by atomic mass is 35.5. The molecule has 0 bridgehead atoms. The number of hydrogen-bond donors (Lipinski definition) is 2. The molecule has 0 aliphatic heterocycles. The van der Waals surface area contributed by atoms with E-state index in [1.807, 2.05) is 13.8 Å². The van der Waals surface area contributed by atoms with Crippen molar-refractivity contribution >= 4 is 17.5 Å². The molecular formula is C13H18ClFN2O. The first kappa shape index (κ1) is 14.9. The van der Waals surface area contributed by atoms with Gasteiger partial charge in [-0.05, 0) is 24.5 Å². The third-order valence-corrected chi connectivity index (χ3v) is 2.88. The zero-order valence-corrected chi connectivity index (χ0v) is 11.3. The van der Waals surface area contributed by atoms with Crippen LogP contribution in [0, 0.1) is 11.7 Å². The van der Waals surface area contributed by atoms with Crippen LogP contribution in [0.2, 0.25) is 5.02 Å². The summed E-state index contributed by atoms with van der Waals surface area (Å²) in [7, 11) is 0. The monoisotopic (exact) mass is 272 g/mol. The molecule has 0 aromatic heterocycles. The molecule has 1 amide bonds. The van der Waals surface area contributed by atoms with E-state index in [2.05, 4.69) is 5.32 Å². The number of nitrogens with one attached hydrogen (secondary N) is 1. The van der Waals surface area contributed by atoms with E-state index < -0.39 is 11.7 Å². The fourth-order valence-electron chi connectivity index (χ4n) is 1.76. The molecule has 18 heavy (non-hydrogen) atoms. The van der Waals surface area contributed by atoms with Crippen molar-refractivity contribution in [3.8, 4) is 0 Å². The average molecular weight is 273 g/mol. The van der Waals surface area contributed by atoms with E-state index >= 15 is 0 Å². The Bertz CT molecular complexity index is 403. The number of hydrogen-bond acceptors (Lipinski definition) is 2. The minimum Gasteiger partial charge on any atom is -0.348 e. The van der Waals surface area contributed by atoms with Gasteiger partial charge in [0.2, 0.25) is 0 Å². The van der Waals surface area contributed by atoms with Gasteiger partial charge in [0.15, 0.2) is 0 Å². The molecule has 0 heterocycles. The zero-order valence-electron chi connectivity index (χ0n) is 10.5. The highest BCUT2D eigenvalue weighted by molar-refractivity contribution is 6.33. The number of halogens is 2. The largest absolute Gasteiger partial charge is 0.348 e. The normalized spacial score (nSPS) is 12.6. The Morgan fingerprint density at radius 2 is 2.17 bits per heavy atom. The van der Waals surface area contributed by atoms with Gasteiger partial charge in [-0.3, -0.25) is 4.79 Å². The maximum absolute atomic E-state index is 13.5. The maximum atomic E-state index is 13.5. The summed E-state index contributed by atoms with van der Waals surface area (Å²) in [6.45, 7) is 4.38. The van der Waals surface area contributed by atoms with Gasteiger partial charge in [-0.25, -0.2) is 4.39 Å². The van der Waals surface area contributed by atoms with Crippen LogP contribution in [0.25, 0.3) is 0 Å². The van der Waals surface area contributed by atoms with Crippen molar-refractivity contribution in [3.63, 3.8) is 0 Å². The minimum atomic E-state index is -0.625. The van der Waals surface area contributed by atoms with Gasteiger partial charge in [-0.1, -0.05) is 31.5 Å². The molecule has 0 saturated carbocycles. The summed E-state index contributed by atoms with van der Waals surface area (Å²) in [4.78, 5) is 11.9. The van der Waals surface area contributed by atoms with Crippen LogP contribution in [0.4, 0.5) is 4.39 Å². The fraction of sp³-hybridized carbons (Fsp3) is 0.462. The third-order valence-electron chi connectivity index (χ3n) is 2.57. The van der Waals surface area contributed by atoms with Gasteiger partial charge in [-0.2, -0.15) is 0 Å². The first-order chi connectivity index (χ1) is 8.45.